The van der Waals surface area contributed by atoms with Crippen molar-refractivity contribution < 1.29 is 14.3 Å². The molecule has 1 saturated heterocycles. The van der Waals surface area contributed by atoms with Gasteiger partial charge in [0.2, 0.25) is 0 Å². The van der Waals surface area contributed by atoms with Gasteiger partial charge in [0, 0.05) is 13.2 Å². The van der Waals surface area contributed by atoms with Crippen molar-refractivity contribution in [1.29, 1.82) is 0 Å². The number of hydrogen-bond acceptors (Lipinski definition) is 3. The Morgan fingerprint density at radius 3 is 2.88 bits per heavy atom. The van der Waals surface area contributed by atoms with E-state index in [1.54, 1.807) is 12.1 Å². The van der Waals surface area contributed by atoms with E-state index in [4.69, 9.17) is 9.47 Å². The van der Waals surface area contributed by atoms with Crippen LogP contribution in [-0.2, 0) is 4.74 Å². The van der Waals surface area contributed by atoms with Crippen molar-refractivity contribution in [2.24, 2.45) is 0 Å². The molecule has 1 amide bonds. The average molecular weight is 235 g/mol. The maximum atomic E-state index is 11.5. The lowest BCUT2D eigenvalue weighted by atomic mass is 10.0. The van der Waals surface area contributed by atoms with Gasteiger partial charge in [-0.1, -0.05) is 18.2 Å². The van der Waals surface area contributed by atoms with E-state index in [1.165, 1.54) is 0 Å². The minimum atomic E-state index is -0.437. The zero-order valence-electron chi connectivity index (χ0n) is 9.94. The molecule has 2 rings (SSSR count). The Morgan fingerprint density at radius 2 is 2.24 bits per heavy atom. The van der Waals surface area contributed by atoms with Crippen molar-refractivity contribution in [2.45, 2.75) is 25.4 Å². The summed E-state index contributed by atoms with van der Waals surface area (Å²) >= 11 is 0. The number of nitrogens with one attached hydrogen (secondary N) is 1. The van der Waals surface area contributed by atoms with E-state index in [0.717, 1.165) is 19.4 Å². The highest BCUT2D eigenvalue weighted by Gasteiger charge is 2.30. The molecule has 0 bridgehead atoms. The summed E-state index contributed by atoms with van der Waals surface area (Å²) in [6.45, 7) is 3.26. The van der Waals surface area contributed by atoms with Gasteiger partial charge < -0.3 is 14.8 Å². The smallest absolute Gasteiger partial charge is 0.410 e. The van der Waals surface area contributed by atoms with Gasteiger partial charge in [0.1, 0.15) is 5.75 Å². The maximum Gasteiger partial charge on any atom is 0.412 e. The third kappa shape index (κ3) is 3.46. The summed E-state index contributed by atoms with van der Waals surface area (Å²) in [7, 11) is 0. The van der Waals surface area contributed by atoms with E-state index in [2.05, 4.69) is 5.32 Å². The number of carbonyl (C=O) groups excluding carboxylic acids is 1. The summed E-state index contributed by atoms with van der Waals surface area (Å²) in [6, 6.07) is 9.01. The number of rotatable bonds is 3. The molecule has 0 aromatic heterocycles. The molecule has 0 aliphatic carbocycles. The first-order valence-corrected chi connectivity index (χ1v) is 5.83. The van der Waals surface area contributed by atoms with Crippen LogP contribution >= 0.6 is 0 Å². The van der Waals surface area contributed by atoms with Gasteiger partial charge in [0.15, 0.2) is 0 Å². The summed E-state index contributed by atoms with van der Waals surface area (Å²) in [6.07, 6.45) is 1.58. The van der Waals surface area contributed by atoms with E-state index < -0.39 is 6.09 Å². The Labute approximate surface area is 101 Å². The highest BCUT2D eigenvalue weighted by molar-refractivity contribution is 5.70. The largest absolute Gasteiger partial charge is 0.412 e. The van der Waals surface area contributed by atoms with Gasteiger partial charge in [-0.25, -0.2) is 4.79 Å². The van der Waals surface area contributed by atoms with Crippen LogP contribution in [0.5, 0.6) is 5.75 Å². The quantitative estimate of drug-likeness (QED) is 0.874. The summed E-state index contributed by atoms with van der Waals surface area (Å²) < 4.78 is 10.7. The molecule has 0 spiro atoms. The fraction of sp³-hybridized carbons (Fsp3) is 0.462. The number of ether oxygens (including phenoxy) is 2. The molecule has 1 atom stereocenters. The normalized spacial score (nSPS) is 23.4. The zero-order chi connectivity index (χ0) is 12.1. The molecule has 1 aliphatic heterocycles. The van der Waals surface area contributed by atoms with Gasteiger partial charge in [-0.05, 0) is 31.9 Å². The Kier molecular flexibility index (Phi) is 3.64. The third-order valence-corrected chi connectivity index (χ3v) is 2.86. The molecule has 1 aliphatic rings. The van der Waals surface area contributed by atoms with Crippen molar-refractivity contribution in [3.63, 3.8) is 0 Å². The van der Waals surface area contributed by atoms with Crippen molar-refractivity contribution in [3.05, 3.63) is 30.3 Å². The minimum absolute atomic E-state index is 0.240. The van der Waals surface area contributed by atoms with Crippen LogP contribution in [-0.4, -0.2) is 24.8 Å². The van der Waals surface area contributed by atoms with Crippen LogP contribution in [0.2, 0.25) is 0 Å². The molecule has 1 unspecified atom stereocenters. The van der Waals surface area contributed by atoms with Gasteiger partial charge in [-0.3, -0.25) is 0 Å². The number of benzene rings is 1. The Balaban J connectivity index is 1.78. The van der Waals surface area contributed by atoms with Crippen LogP contribution in [0.3, 0.4) is 0 Å². The Bertz CT molecular complexity index is 372. The highest BCUT2D eigenvalue weighted by atomic mass is 16.6. The van der Waals surface area contributed by atoms with Gasteiger partial charge in [0.05, 0.1) is 5.60 Å². The van der Waals surface area contributed by atoms with Crippen LogP contribution in [0.1, 0.15) is 19.8 Å². The minimum Gasteiger partial charge on any atom is -0.410 e. The van der Waals surface area contributed by atoms with E-state index in [0.29, 0.717) is 12.3 Å². The van der Waals surface area contributed by atoms with Crippen molar-refractivity contribution in [3.8, 4) is 5.75 Å². The SMILES string of the molecule is CC1(CNC(=O)Oc2ccccc2)CCCO1. The molecule has 1 heterocycles. The molecule has 1 aromatic carbocycles. The molecule has 1 fully saturated rings. The molecule has 4 nitrogen and oxygen atoms in total. The molecular weight excluding hydrogens is 218 g/mol. The first-order valence-electron chi connectivity index (χ1n) is 5.83. The van der Waals surface area contributed by atoms with Gasteiger partial charge in [-0.15, -0.1) is 0 Å². The molecule has 1 N–H and O–H groups in total. The second-order valence-electron chi connectivity index (χ2n) is 4.46. The highest BCUT2D eigenvalue weighted by Crippen LogP contribution is 2.23. The number of carbonyl (C=O) groups is 1. The second kappa shape index (κ2) is 5.19. The molecule has 0 radical (unpaired) electrons. The first kappa shape index (κ1) is 11.9. The average Bonchev–Trinajstić information content (AvgIpc) is 2.76. The van der Waals surface area contributed by atoms with Crippen molar-refractivity contribution in [1.82, 2.24) is 5.32 Å². The van der Waals surface area contributed by atoms with E-state index >= 15 is 0 Å². The molecular formula is C13H17NO3. The van der Waals surface area contributed by atoms with E-state index in [-0.39, 0.29) is 5.60 Å². The first-order chi connectivity index (χ1) is 8.18. The summed E-state index contributed by atoms with van der Waals surface area (Å²) in [4.78, 5) is 11.5. The zero-order valence-corrected chi connectivity index (χ0v) is 9.94. The molecule has 0 saturated carbocycles. The molecule has 92 valence electrons. The van der Waals surface area contributed by atoms with E-state index in [1.807, 2.05) is 25.1 Å². The predicted octanol–water partition coefficient (Wildman–Crippen LogP) is 2.34. The molecule has 4 heteroatoms. The van der Waals surface area contributed by atoms with Crippen LogP contribution in [0.25, 0.3) is 0 Å². The third-order valence-electron chi connectivity index (χ3n) is 2.86. The van der Waals surface area contributed by atoms with Crippen molar-refractivity contribution in [2.75, 3.05) is 13.2 Å². The fourth-order valence-corrected chi connectivity index (χ4v) is 1.87. The van der Waals surface area contributed by atoms with Crippen LogP contribution in [0, 0.1) is 0 Å². The fourth-order valence-electron chi connectivity index (χ4n) is 1.87. The molecule has 17 heavy (non-hydrogen) atoms. The summed E-state index contributed by atoms with van der Waals surface area (Å²) in [5.41, 5.74) is -0.240. The lowest BCUT2D eigenvalue weighted by Gasteiger charge is -2.22. The molecule has 1 aromatic rings. The Hall–Kier alpha value is -1.55. The standard InChI is InChI=1S/C13H17NO3/c1-13(8-5-9-16-13)10-14-12(15)17-11-6-3-2-4-7-11/h2-4,6-7H,5,8-10H2,1H3,(H,14,15). The van der Waals surface area contributed by atoms with E-state index in [9.17, 15) is 4.79 Å². The number of para-hydroxylation sites is 1. The second-order valence-corrected chi connectivity index (χ2v) is 4.46. The number of hydrogen-bond donors (Lipinski definition) is 1. The van der Waals surface area contributed by atoms with Crippen LogP contribution in [0.15, 0.2) is 30.3 Å². The lowest BCUT2D eigenvalue weighted by molar-refractivity contribution is 0.0216. The lowest BCUT2D eigenvalue weighted by Crippen LogP contribution is -2.41. The number of amides is 1. The van der Waals surface area contributed by atoms with Gasteiger partial charge in [-0.2, -0.15) is 0 Å². The topological polar surface area (TPSA) is 47.6 Å². The van der Waals surface area contributed by atoms with Crippen molar-refractivity contribution >= 4 is 6.09 Å². The summed E-state index contributed by atoms with van der Waals surface area (Å²) in [5, 5.41) is 2.73. The van der Waals surface area contributed by atoms with Crippen LogP contribution in [0.4, 0.5) is 4.79 Å². The Morgan fingerprint density at radius 1 is 1.47 bits per heavy atom. The van der Waals surface area contributed by atoms with Gasteiger partial charge in [0.25, 0.3) is 0 Å². The van der Waals surface area contributed by atoms with Gasteiger partial charge >= 0.3 is 6.09 Å². The van der Waals surface area contributed by atoms with Crippen LogP contribution < -0.4 is 10.1 Å². The monoisotopic (exact) mass is 235 g/mol. The predicted molar refractivity (Wildman–Crippen MR) is 64.1 cm³/mol. The summed E-state index contributed by atoms with van der Waals surface area (Å²) in [5.74, 6) is 0.544. The maximum absolute atomic E-state index is 11.5.